The molecule has 0 aliphatic heterocycles. The van der Waals surface area contributed by atoms with Crippen molar-refractivity contribution < 1.29 is 31.2 Å². The smallest absolute Gasteiger partial charge is 0.352 e. The van der Waals surface area contributed by atoms with Crippen molar-refractivity contribution >= 4 is 39.1 Å². The number of anilines is 1. The summed E-state index contributed by atoms with van der Waals surface area (Å²) >= 11 is 5.83. The molecule has 2 unspecified atom stereocenters. The fraction of sp³-hybridized carbons (Fsp3) is 0.375. The SMILES string of the molecule is CCC(C)NC(=O)C(CC)N(CCc1ccccc1)C(=O)CN(c1ccc(Cl)c(C(F)(F)F)c1)S(=O)(=O)c1ccc(C)cc1. The summed E-state index contributed by atoms with van der Waals surface area (Å²) in [7, 11) is -4.54. The Morgan fingerprint density at radius 3 is 2.16 bits per heavy atom. The Balaban J connectivity index is 2.10. The van der Waals surface area contributed by atoms with Crippen LogP contribution in [0, 0.1) is 6.92 Å². The molecular formula is C32H37ClF3N3O4S. The first-order valence-corrected chi connectivity index (χ1v) is 16.1. The van der Waals surface area contributed by atoms with E-state index in [0.29, 0.717) is 23.2 Å². The maximum Gasteiger partial charge on any atom is 0.417 e. The molecule has 3 aromatic rings. The van der Waals surface area contributed by atoms with E-state index in [2.05, 4.69) is 5.32 Å². The third-order valence-electron chi connectivity index (χ3n) is 7.30. The molecule has 7 nitrogen and oxygen atoms in total. The Kier molecular flexibility index (Phi) is 11.9. The van der Waals surface area contributed by atoms with Crippen molar-refractivity contribution in [2.45, 2.75) is 70.1 Å². The van der Waals surface area contributed by atoms with Crippen LogP contribution in [0.4, 0.5) is 18.9 Å². The molecule has 0 heterocycles. The first-order valence-electron chi connectivity index (χ1n) is 14.3. The number of rotatable bonds is 13. The molecule has 44 heavy (non-hydrogen) atoms. The Hall–Kier alpha value is -3.57. The van der Waals surface area contributed by atoms with E-state index in [1.807, 2.05) is 44.2 Å². The predicted molar refractivity (Wildman–Crippen MR) is 166 cm³/mol. The van der Waals surface area contributed by atoms with Crippen molar-refractivity contribution in [3.05, 3.63) is 94.5 Å². The lowest BCUT2D eigenvalue weighted by Crippen LogP contribution is -2.54. The van der Waals surface area contributed by atoms with E-state index in [1.165, 1.54) is 17.0 Å². The van der Waals surface area contributed by atoms with Gasteiger partial charge in [-0.15, -0.1) is 0 Å². The minimum Gasteiger partial charge on any atom is -0.352 e. The van der Waals surface area contributed by atoms with Crippen molar-refractivity contribution in [2.75, 3.05) is 17.4 Å². The number of carbonyl (C=O) groups is 2. The summed E-state index contributed by atoms with van der Waals surface area (Å²) in [6.07, 6.45) is -3.63. The van der Waals surface area contributed by atoms with Crippen LogP contribution in [0.2, 0.25) is 5.02 Å². The molecule has 3 aromatic carbocycles. The average molecular weight is 652 g/mol. The van der Waals surface area contributed by atoms with Gasteiger partial charge in [0, 0.05) is 12.6 Å². The molecular weight excluding hydrogens is 615 g/mol. The molecule has 0 aliphatic rings. The Morgan fingerprint density at radius 2 is 1.59 bits per heavy atom. The Morgan fingerprint density at radius 1 is 0.955 bits per heavy atom. The largest absolute Gasteiger partial charge is 0.417 e. The second-order valence-corrected chi connectivity index (χ2v) is 12.8. The van der Waals surface area contributed by atoms with Crippen molar-refractivity contribution in [2.24, 2.45) is 0 Å². The summed E-state index contributed by atoms with van der Waals surface area (Å²) in [6.45, 7) is 6.44. The van der Waals surface area contributed by atoms with Crippen LogP contribution in [-0.2, 0) is 32.2 Å². The van der Waals surface area contributed by atoms with Gasteiger partial charge < -0.3 is 10.2 Å². The number of nitrogens with one attached hydrogen (secondary N) is 1. The van der Waals surface area contributed by atoms with E-state index in [1.54, 1.807) is 26.0 Å². The molecule has 0 saturated heterocycles. The molecule has 0 aliphatic carbocycles. The number of alkyl halides is 3. The van der Waals surface area contributed by atoms with Crippen LogP contribution in [-0.4, -0.2) is 50.3 Å². The number of halogens is 4. The van der Waals surface area contributed by atoms with Gasteiger partial charge in [0.15, 0.2) is 0 Å². The van der Waals surface area contributed by atoms with E-state index < -0.39 is 56.9 Å². The van der Waals surface area contributed by atoms with Gasteiger partial charge in [0.25, 0.3) is 10.0 Å². The number of benzene rings is 3. The lowest BCUT2D eigenvalue weighted by molar-refractivity contribution is -0.139. The highest BCUT2D eigenvalue weighted by molar-refractivity contribution is 7.92. The standard InChI is InChI=1S/C32H37ClF3N3O4S/c1-5-23(4)37-31(41)29(6-2)38(19-18-24-10-8-7-9-11-24)30(40)21-39(44(42,43)26-15-12-22(3)13-16-26)25-14-17-28(33)27(20-25)32(34,35)36/h7-17,20,23,29H,5-6,18-19,21H2,1-4H3,(H,37,41). The second-order valence-electron chi connectivity index (χ2n) is 10.6. The van der Waals surface area contributed by atoms with E-state index in [-0.39, 0.29) is 23.9 Å². The summed E-state index contributed by atoms with van der Waals surface area (Å²) in [5, 5.41) is 2.27. The average Bonchev–Trinajstić information content (AvgIpc) is 2.98. The number of aryl methyl sites for hydroxylation is 1. The molecule has 0 fully saturated rings. The molecule has 238 valence electrons. The third-order valence-corrected chi connectivity index (χ3v) is 9.42. The van der Waals surface area contributed by atoms with Crippen LogP contribution in [0.15, 0.2) is 77.7 Å². The number of nitrogens with zero attached hydrogens (tertiary/aromatic N) is 2. The van der Waals surface area contributed by atoms with Gasteiger partial charge in [0.1, 0.15) is 12.6 Å². The zero-order valence-electron chi connectivity index (χ0n) is 25.1. The van der Waals surface area contributed by atoms with Crippen molar-refractivity contribution in [3.63, 3.8) is 0 Å². The molecule has 12 heteroatoms. The highest BCUT2D eigenvalue weighted by atomic mass is 35.5. The van der Waals surface area contributed by atoms with Gasteiger partial charge in [0.05, 0.1) is 21.2 Å². The highest BCUT2D eigenvalue weighted by Gasteiger charge is 2.37. The third kappa shape index (κ3) is 8.75. The van der Waals surface area contributed by atoms with Gasteiger partial charge in [0.2, 0.25) is 11.8 Å². The van der Waals surface area contributed by atoms with Crippen LogP contribution in [0.25, 0.3) is 0 Å². The summed E-state index contributed by atoms with van der Waals surface area (Å²) < 4.78 is 70.0. The fourth-order valence-corrected chi connectivity index (χ4v) is 6.22. The highest BCUT2D eigenvalue weighted by Crippen LogP contribution is 2.38. The van der Waals surface area contributed by atoms with E-state index in [0.717, 1.165) is 23.3 Å². The van der Waals surface area contributed by atoms with Crippen molar-refractivity contribution in [1.29, 1.82) is 0 Å². The first-order chi connectivity index (χ1) is 20.7. The zero-order chi connectivity index (χ0) is 32.7. The number of sulfonamides is 1. The van der Waals surface area contributed by atoms with E-state index in [9.17, 15) is 31.2 Å². The normalized spacial score (nSPS) is 13.2. The van der Waals surface area contributed by atoms with Gasteiger partial charge in [-0.05, 0) is 69.0 Å². The number of amides is 2. The Labute approximate surface area is 262 Å². The minimum absolute atomic E-state index is 0.0715. The topological polar surface area (TPSA) is 86.8 Å². The zero-order valence-corrected chi connectivity index (χ0v) is 26.6. The molecule has 0 aromatic heterocycles. The summed E-state index contributed by atoms with van der Waals surface area (Å²) in [5.74, 6) is -1.15. The van der Waals surface area contributed by atoms with Gasteiger partial charge >= 0.3 is 6.18 Å². The van der Waals surface area contributed by atoms with Crippen LogP contribution in [0.5, 0.6) is 0 Å². The van der Waals surface area contributed by atoms with Gasteiger partial charge in [-0.2, -0.15) is 13.2 Å². The maximum absolute atomic E-state index is 14.1. The van der Waals surface area contributed by atoms with Gasteiger partial charge in [-0.3, -0.25) is 13.9 Å². The van der Waals surface area contributed by atoms with Crippen molar-refractivity contribution in [3.8, 4) is 0 Å². The van der Waals surface area contributed by atoms with Gasteiger partial charge in [-0.25, -0.2) is 8.42 Å². The quantitative estimate of drug-likeness (QED) is 0.225. The molecule has 1 N–H and O–H groups in total. The second kappa shape index (κ2) is 14.9. The first kappa shape index (κ1) is 34.9. The van der Waals surface area contributed by atoms with Crippen LogP contribution in [0.3, 0.4) is 0 Å². The van der Waals surface area contributed by atoms with Crippen LogP contribution < -0.4 is 9.62 Å². The lowest BCUT2D eigenvalue weighted by atomic mass is 10.1. The molecule has 0 saturated carbocycles. The molecule has 3 rings (SSSR count). The maximum atomic E-state index is 14.1. The lowest BCUT2D eigenvalue weighted by Gasteiger charge is -2.34. The molecule has 2 atom stereocenters. The number of hydrogen-bond donors (Lipinski definition) is 1. The minimum atomic E-state index is -4.88. The molecule has 2 amide bonds. The summed E-state index contributed by atoms with van der Waals surface area (Å²) in [4.78, 5) is 28.5. The summed E-state index contributed by atoms with van der Waals surface area (Å²) in [6, 6.07) is 16.6. The monoisotopic (exact) mass is 651 g/mol. The fourth-order valence-electron chi connectivity index (χ4n) is 4.59. The Bertz CT molecular complexity index is 1530. The van der Waals surface area contributed by atoms with Crippen molar-refractivity contribution in [1.82, 2.24) is 10.2 Å². The predicted octanol–water partition coefficient (Wildman–Crippen LogP) is 6.63. The van der Waals surface area contributed by atoms with Gasteiger partial charge in [-0.1, -0.05) is 73.5 Å². The molecule has 0 spiro atoms. The van der Waals surface area contributed by atoms with E-state index >= 15 is 0 Å². The number of carbonyl (C=O) groups excluding carboxylic acids is 2. The van der Waals surface area contributed by atoms with Crippen LogP contribution in [0.1, 0.15) is 50.3 Å². The molecule has 0 bridgehead atoms. The summed E-state index contributed by atoms with van der Waals surface area (Å²) in [5.41, 5.74) is 0.0195. The number of hydrogen-bond acceptors (Lipinski definition) is 4. The van der Waals surface area contributed by atoms with Crippen LogP contribution >= 0.6 is 11.6 Å². The van der Waals surface area contributed by atoms with E-state index in [4.69, 9.17) is 11.6 Å². The molecule has 0 radical (unpaired) electrons.